The third-order valence-electron chi connectivity index (χ3n) is 8.15. The Morgan fingerprint density at radius 2 is 1.68 bits per heavy atom. The number of nitrogens with zero attached hydrogens (tertiary/aromatic N) is 3. The highest BCUT2D eigenvalue weighted by Gasteiger charge is 2.33. The van der Waals surface area contributed by atoms with Crippen LogP contribution in [0.25, 0.3) is 11.8 Å². The number of rotatable bonds is 8. The first-order chi connectivity index (χ1) is 22.5. The Labute approximate surface area is 286 Å². The van der Waals surface area contributed by atoms with Gasteiger partial charge < -0.3 is 14.0 Å². The number of carbonyl (C=O) groups is 1. The van der Waals surface area contributed by atoms with Gasteiger partial charge in [-0.1, -0.05) is 70.4 Å². The molecule has 0 aliphatic carbocycles. The largest absolute Gasteiger partial charge is 0.489 e. The Balaban J connectivity index is 1.34. The first-order valence-electron chi connectivity index (χ1n) is 15.2. The van der Waals surface area contributed by atoms with Crippen molar-refractivity contribution in [2.75, 3.05) is 6.61 Å². The fraction of sp³-hybridized carbons (Fsp3) is 0.216. The molecule has 0 saturated carbocycles. The lowest BCUT2D eigenvalue weighted by Gasteiger charge is -2.24. The van der Waals surface area contributed by atoms with Gasteiger partial charge in [0.1, 0.15) is 12.4 Å². The molecule has 0 amide bonds. The summed E-state index contributed by atoms with van der Waals surface area (Å²) in [4.78, 5) is 32.5. The van der Waals surface area contributed by atoms with E-state index in [4.69, 9.17) is 37.7 Å². The molecule has 47 heavy (non-hydrogen) atoms. The van der Waals surface area contributed by atoms with Gasteiger partial charge in [-0.25, -0.2) is 9.79 Å². The van der Waals surface area contributed by atoms with E-state index in [1.165, 1.54) is 11.3 Å². The first kappa shape index (κ1) is 32.6. The number of benzene rings is 3. The van der Waals surface area contributed by atoms with E-state index in [9.17, 15) is 9.59 Å². The van der Waals surface area contributed by atoms with Crippen LogP contribution < -0.4 is 19.6 Å². The second-order valence-corrected chi connectivity index (χ2v) is 13.2. The van der Waals surface area contributed by atoms with Crippen LogP contribution in [-0.2, 0) is 16.1 Å². The number of aromatic nitrogens is 2. The van der Waals surface area contributed by atoms with E-state index < -0.39 is 12.0 Å². The van der Waals surface area contributed by atoms with Crippen LogP contribution >= 0.6 is 34.5 Å². The van der Waals surface area contributed by atoms with Crippen LogP contribution in [0.4, 0.5) is 0 Å². The fourth-order valence-corrected chi connectivity index (χ4v) is 7.17. The van der Waals surface area contributed by atoms with Gasteiger partial charge in [0, 0.05) is 17.1 Å². The van der Waals surface area contributed by atoms with Crippen molar-refractivity contribution in [3.63, 3.8) is 0 Å². The van der Waals surface area contributed by atoms with Gasteiger partial charge in [0.25, 0.3) is 5.56 Å². The predicted molar refractivity (Wildman–Crippen MR) is 188 cm³/mol. The molecule has 6 rings (SSSR count). The number of thiazole rings is 1. The lowest BCUT2D eigenvalue weighted by molar-refractivity contribution is -0.139. The van der Waals surface area contributed by atoms with Crippen molar-refractivity contribution < 1.29 is 14.3 Å². The molecular formula is C37H33Cl2N3O4S. The van der Waals surface area contributed by atoms with Crippen LogP contribution in [0.2, 0.25) is 10.0 Å². The Hall–Kier alpha value is -4.37. The van der Waals surface area contributed by atoms with E-state index in [-0.39, 0.29) is 12.2 Å². The number of fused-ring (bicyclic) bond motifs is 1. The zero-order valence-electron chi connectivity index (χ0n) is 26.6. The minimum absolute atomic E-state index is 0.207. The van der Waals surface area contributed by atoms with E-state index in [0.29, 0.717) is 37.3 Å². The zero-order valence-corrected chi connectivity index (χ0v) is 29.0. The van der Waals surface area contributed by atoms with Crippen molar-refractivity contribution in [1.29, 1.82) is 0 Å². The van der Waals surface area contributed by atoms with Gasteiger partial charge >= 0.3 is 5.97 Å². The average Bonchev–Trinajstić information content (AvgIpc) is 3.50. The van der Waals surface area contributed by atoms with Gasteiger partial charge in [-0.3, -0.25) is 9.36 Å². The zero-order chi connectivity index (χ0) is 33.4. The molecule has 10 heteroatoms. The van der Waals surface area contributed by atoms with Crippen LogP contribution in [0.15, 0.2) is 93.9 Å². The highest BCUT2D eigenvalue weighted by molar-refractivity contribution is 7.07. The molecule has 0 bridgehead atoms. The second kappa shape index (κ2) is 13.4. The van der Waals surface area contributed by atoms with E-state index in [2.05, 4.69) is 10.6 Å². The molecule has 0 radical (unpaired) electrons. The van der Waals surface area contributed by atoms with Crippen LogP contribution in [0.1, 0.15) is 53.5 Å². The number of esters is 1. The number of allylic oxidation sites excluding steroid dienone is 1. The molecule has 0 saturated heterocycles. The third kappa shape index (κ3) is 6.46. The lowest BCUT2D eigenvalue weighted by atomic mass is 9.95. The fourth-order valence-electron chi connectivity index (χ4n) is 5.82. The molecule has 7 nitrogen and oxygen atoms in total. The van der Waals surface area contributed by atoms with Gasteiger partial charge in [0.05, 0.1) is 38.5 Å². The van der Waals surface area contributed by atoms with Gasteiger partial charge in [-0.15, -0.1) is 0 Å². The Morgan fingerprint density at radius 3 is 2.36 bits per heavy atom. The molecule has 240 valence electrons. The number of hydrogen-bond donors (Lipinski definition) is 0. The van der Waals surface area contributed by atoms with Gasteiger partial charge in [0.2, 0.25) is 0 Å². The molecule has 0 N–H and O–H groups in total. The van der Waals surface area contributed by atoms with Crippen molar-refractivity contribution >= 4 is 46.6 Å². The molecule has 0 fully saturated rings. The number of ether oxygens (including phenoxy) is 2. The minimum atomic E-state index is -0.641. The highest BCUT2D eigenvalue weighted by atomic mass is 35.5. The number of halogens is 2. The first-order valence-corrected chi connectivity index (χ1v) is 16.7. The molecular weight excluding hydrogens is 653 g/mol. The lowest BCUT2D eigenvalue weighted by Crippen LogP contribution is -2.39. The summed E-state index contributed by atoms with van der Waals surface area (Å²) >= 11 is 13.5. The van der Waals surface area contributed by atoms with Crippen molar-refractivity contribution in [2.45, 2.75) is 47.3 Å². The quantitative estimate of drug-likeness (QED) is 0.160. The highest BCUT2D eigenvalue weighted by Crippen LogP contribution is 2.31. The van der Waals surface area contributed by atoms with E-state index >= 15 is 0 Å². The maximum absolute atomic E-state index is 14.1. The summed E-state index contributed by atoms with van der Waals surface area (Å²) in [7, 11) is 0. The van der Waals surface area contributed by atoms with Gasteiger partial charge in [0.15, 0.2) is 4.80 Å². The summed E-state index contributed by atoms with van der Waals surface area (Å²) in [6.45, 7) is 10.2. The number of hydrogen-bond acceptors (Lipinski definition) is 6. The number of aryl methyl sites for hydroxylation is 2. The van der Waals surface area contributed by atoms with Crippen LogP contribution in [0.5, 0.6) is 5.75 Å². The van der Waals surface area contributed by atoms with Crippen LogP contribution in [0, 0.1) is 20.8 Å². The molecule has 3 heterocycles. The van der Waals surface area contributed by atoms with Crippen LogP contribution in [0.3, 0.4) is 0 Å². The standard InChI is InChI=1S/C37H33Cl2N3O4S/c1-6-45-36(44)33-23(4)40-37-42(34(33)26-10-7-21(2)8-11-26)35(43)32(47-37)19-27-17-22(3)41(24(27)5)28-12-14-29(15-13-28)46-20-25-9-16-30(38)31(39)18-25/h7-19,34H,6,20H2,1-5H3/b32-19-/t34-/m1/s1. The van der Waals surface area contributed by atoms with E-state index in [0.717, 1.165) is 45.1 Å². The Bertz CT molecular complexity index is 2210. The molecule has 1 aliphatic rings. The van der Waals surface area contributed by atoms with Crippen molar-refractivity contribution in [3.8, 4) is 11.4 Å². The van der Waals surface area contributed by atoms with Crippen molar-refractivity contribution in [2.24, 2.45) is 4.99 Å². The summed E-state index contributed by atoms with van der Waals surface area (Å²) in [5.41, 5.74) is 7.43. The normalized spacial score (nSPS) is 14.6. The maximum atomic E-state index is 14.1. The monoisotopic (exact) mass is 685 g/mol. The van der Waals surface area contributed by atoms with E-state index in [1.54, 1.807) is 30.5 Å². The SMILES string of the molecule is CCOC(=O)C1=C(C)N=c2s/c(=C\c3cc(C)n(-c4ccc(OCc5ccc(Cl)c(Cl)c5)cc4)c3C)c(=O)n2[C@@H]1c1ccc(C)cc1. The summed E-state index contributed by atoms with van der Waals surface area (Å²) in [6.07, 6.45) is 1.91. The van der Waals surface area contributed by atoms with Crippen molar-refractivity contribution in [3.05, 3.63) is 147 Å². The molecule has 0 spiro atoms. The number of carbonyl (C=O) groups excluding carboxylic acids is 1. The maximum Gasteiger partial charge on any atom is 0.338 e. The topological polar surface area (TPSA) is 74.8 Å². The average molecular weight is 687 g/mol. The summed E-state index contributed by atoms with van der Waals surface area (Å²) in [6, 6.07) is 22.6. The molecule has 5 aromatic rings. The van der Waals surface area contributed by atoms with Gasteiger partial charge in [-0.2, -0.15) is 0 Å². The Morgan fingerprint density at radius 1 is 0.957 bits per heavy atom. The van der Waals surface area contributed by atoms with Crippen molar-refractivity contribution in [1.82, 2.24) is 9.13 Å². The second-order valence-electron chi connectivity index (χ2n) is 11.4. The van der Waals surface area contributed by atoms with Gasteiger partial charge in [-0.05, 0) is 99.8 Å². The third-order valence-corrected chi connectivity index (χ3v) is 9.87. The smallest absolute Gasteiger partial charge is 0.338 e. The molecule has 1 atom stereocenters. The molecule has 2 aromatic heterocycles. The van der Waals surface area contributed by atoms with Crippen LogP contribution in [-0.4, -0.2) is 21.7 Å². The molecule has 3 aromatic carbocycles. The summed E-state index contributed by atoms with van der Waals surface area (Å²) in [5, 5.41) is 1.00. The van der Waals surface area contributed by atoms with E-state index in [1.807, 2.05) is 81.4 Å². The Kier molecular flexibility index (Phi) is 9.28. The summed E-state index contributed by atoms with van der Waals surface area (Å²) in [5.74, 6) is 0.257. The molecule has 0 unspecified atom stereocenters. The predicted octanol–water partition coefficient (Wildman–Crippen LogP) is 7.40. The minimum Gasteiger partial charge on any atom is -0.489 e. The summed E-state index contributed by atoms with van der Waals surface area (Å²) < 4.78 is 15.7. The molecule has 1 aliphatic heterocycles.